The van der Waals surface area contributed by atoms with Crippen LogP contribution < -0.4 is 10.1 Å². The van der Waals surface area contributed by atoms with Crippen LogP contribution in [0.4, 0.5) is 0 Å². The van der Waals surface area contributed by atoms with Gasteiger partial charge in [0.2, 0.25) is 0 Å². The van der Waals surface area contributed by atoms with E-state index >= 15 is 0 Å². The highest BCUT2D eigenvalue weighted by molar-refractivity contribution is 5.97. The number of ether oxygens (including phenoxy) is 1. The molecule has 3 N–H and O–H groups in total. The van der Waals surface area contributed by atoms with Crippen molar-refractivity contribution in [2.24, 2.45) is 0 Å². The van der Waals surface area contributed by atoms with Gasteiger partial charge in [-0.15, -0.1) is 0 Å². The van der Waals surface area contributed by atoms with E-state index in [-0.39, 0.29) is 11.3 Å². The van der Waals surface area contributed by atoms with Gasteiger partial charge in [-0.25, -0.2) is 4.79 Å². The van der Waals surface area contributed by atoms with Gasteiger partial charge in [0.15, 0.2) is 0 Å². The summed E-state index contributed by atoms with van der Waals surface area (Å²) in [5.74, 6) is 0.231. The molecule has 0 aliphatic heterocycles. The molecule has 0 fully saturated rings. The van der Waals surface area contributed by atoms with Gasteiger partial charge in [0.25, 0.3) is 0 Å². The predicted octanol–water partition coefficient (Wildman–Crippen LogP) is 5.33. The van der Waals surface area contributed by atoms with Crippen molar-refractivity contribution < 1.29 is 19.7 Å². The second-order valence-corrected chi connectivity index (χ2v) is 7.02. The fourth-order valence-corrected chi connectivity index (χ4v) is 3.27. The predicted molar refractivity (Wildman–Crippen MR) is 116 cm³/mol. The molecule has 0 atom stereocenters. The molecule has 0 unspecified atom stereocenters. The monoisotopic (exact) mass is 399 g/mol. The average Bonchev–Trinajstić information content (AvgIpc) is 2.75. The lowest BCUT2D eigenvalue weighted by Gasteiger charge is -2.09. The standard InChI is InChI=1S/C25H21NO4/c27-24-14-19-9-6-18(12-20(19)13-23(24)25(28)29)16-26-15-17-7-10-22(11-8-17)30-21-4-2-1-3-5-21/h1-14,26-27H,15-16H2,(H,28,29). The molecule has 5 nitrogen and oxygen atoms in total. The molecule has 5 heteroatoms. The molecule has 0 radical (unpaired) electrons. The Bertz CT molecular complexity index is 1170. The summed E-state index contributed by atoms with van der Waals surface area (Å²) in [6.45, 7) is 1.33. The zero-order chi connectivity index (χ0) is 20.9. The van der Waals surface area contributed by atoms with Gasteiger partial charge >= 0.3 is 5.97 Å². The van der Waals surface area contributed by atoms with E-state index in [4.69, 9.17) is 4.74 Å². The number of hydrogen-bond acceptors (Lipinski definition) is 4. The second kappa shape index (κ2) is 8.68. The van der Waals surface area contributed by atoms with Crippen LogP contribution in [-0.2, 0) is 13.1 Å². The molecule has 4 aromatic rings. The first kappa shape index (κ1) is 19.5. The topological polar surface area (TPSA) is 78.8 Å². The summed E-state index contributed by atoms with van der Waals surface area (Å²) < 4.78 is 5.80. The fourth-order valence-electron chi connectivity index (χ4n) is 3.27. The number of benzene rings is 4. The fraction of sp³-hybridized carbons (Fsp3) is 0.0800. The number of carbonyl (C=O) groups is 1. The summed E-state index contributed by atoms with van der Waals surface area (Å²) in [7, 11) is 0. The molecule has 150 valence electrons. The first-order chi connectivity index (χ1) is 14.6. The Hall–Kier alpha value is -3.83. The lowest BCUT2D eigenvalue weighted by Crippen LogP contribution is -2.12. The van der Waals surface area contributed by atoms with E-state index in [0.717, 1.165) is 33.4 Å². The molecule has 0 saturated carbocycles. The Morgan fingerprint density at radius 2 is 1.43 bits per heavy atom. The van der Waals surface area contributed by atoms with Gasteiger partial charge in [-0.05, 0) is 64.4 Å². The number of aromatic hydroxyl groups is 1. The van der Waals surface area contributed by atoms with Crippen LogP contribution >= 0.6 is 0 Å². The van der Waals surface area contributed by atoms with Crippen LogP contribution in [0.25, 0.3) is 10.8 Å². The number of phenols is 1. The lowest BCUT2D eigenvalue weighted by atomic mass is 10.0. The second-order valence-electron chi connectivity index (χ2n) is 7.02. The van der Waals surface area contributed by atoms with Crippen molar-refractivity contribution in [1.29, 1.82) is 0 Å². The number of nitrogens with one attached hydrogen (secondary N) is 1. The molecule has 0 amide bonds. The maximum absolute atomic E-state index is 11.2. The number of hydrogen-bond donors (Lipinski definition) is 3. The quantitative estimate of drug-likeness (QED) is 0.392. The van der Waals surface area contributed by atoms with Gasteiger partial charge in [0.1, 0.15) is 22.8 Å². The minimum Gasteiger partial charge on any atom is -0.507 e. The minimum absolute atomic E-state index is 0.0922. The first-order valence-corrected chi connectivity index (χ1v) is 9.60. The summed E-state index contributed by atoms with van der Waals surface area (Å²) in [6, 6.07) is 26.4. The SMILES string of the molecule is O=C(O)c1cc2cc(CNCc3ccc(Oc4ccccc4)cc3)ccc2cc1O. The third kappa shape index (κ3) is 4.59. The number of aromatic carboxylic acids is 1. The molecule has 4 rings (SSSR count). The van der Waals surface area contributed by atoms with Crippen LogP contribution in [0.1, 0.15) is 21.5 Å². The van der Waals surface area contributed by atoms with Crippen LogP contribution in [0.3, 0.4) is 0 Å². The summed E-state index contributed by atoms with van der Waals surface area (Å²) in [5, 5.41) is 24.0. The van der Waals surface area contributed by atoms with Crippen LogP contribution in [0.2, 0.25) is 0 Å². The summed E-state index contributed by atoms with van der Waals surface area (Å²) in [4.78, 5) is 11.2. The van der Waals surface area contributed by atoms with E-state index < -0.39 is 5.97 Å². The Balaban J connectivity index is 1.37. The highest BCUT2D eigenvalue weighted by Gasteiger charge is 2.11. The van der Waals surface area contributed by atoms with Crippen LogP contribution in [-0.4, -0.2) is 16.2 Å². The molecule has 0 heterocycles. The summed E-state index contributed by atoms with van der Waals surface area (Å²) >= 11 is 0. The van der Waals surface area contributed by atoms with Gasteiger partial charge in [-0.1, -0.05) is 42.5 Å². The molecule has 30 heavy (non-hydrogen) atoms. The van der Waals surface area contributed by atoms with Gasteiger partial charge in [0, 0.05) is 13.1 Å². The minimum atomic E-state index is -1.14. The molecule has 0 aromatic heterocycles. The first-order valence-electron chi connectivity index (χ1n) is 9.60. The largest absolute Gasteiger partial charge is 0.507 e. The maximum Gasteiger partial charge on any atom is 0.339 e. The van der Waals surface area contributed by atoms with Crippen molar-refractivity contribution in [3.05, 3.63) is 102 Å². The Labute approximate surface area is 174 Å². The number of para-hydroxylation sites is 1. The number of rotatable bonds is 7. The van der Waals surface area contributed by atoms with E-state index in [1.54, 1.807) is 0 Å². The van der Waals surface area contributed by atoms with Crippen molar-refractivity contribution in [3.63, 3.8) is 0 Å². The molecule has 0 bridgehead atoms. The van der Waals surface area contributed by atoms with Crippen LogP contribution in [0, 0.1) is 0 Å². The third-order valence-corrected chi connectivity index (χ3v) is 4.81. The Morgan fingerprint density at radius 3 is 2.17 bits per heavy atom. The van der Waals surface area contributed by atoms with Crippen molar-refractivity contribution >= 4 is 16.7 Å². The zero-order valence-electron chi connectivity index (χ0n) is 16.2. The highest BCUT2D eigenvalue weighted by Crippen LogP contribution is 2.26. The highest BCUT2D eigenvalue weighted by atomic mass is 16.5. The zero-order valence-corrected chi connectivity index (χ0v) is 16.2. The summed E-state index contributed by atoms with van der Waals surface area (Å²) in [5.41, 5.74) is 2.08. The smallest absolute Gasteiger partial charge is 0.339 e. The van der Waals surface area contributed by atoms with Gasteiger partial charge in [0.05, 0.1) is 0 Å². The van der Waals surface area contributed by atoms with Crippen molar-refractivity contribution in [2.45, 2.75) is 13.1 Å². The van der Waals surface area contributed by atoms with Crippen LogP contribution in [0.15, 0.2) is 84.9 Å². The molecule has 0 spiro atoms. The van der Waals surface area contributed by atoms with E-state index in [1.165, 1.54) is 12.1 Å². The molecule has 0 aliphatic rings. The average molecular weight is 399 g/mol. The molecular formula is C25H21NO4. The summed E-state index contributed by atoms with van der Waals surface area (Å²) in [6.07, 6.45) is 0. The van der Waals surface area contributed by atoms with E-state index in [0.29, 0.717) is 13.1 Å². The van der Waals surface area contributed by atoms with Crippen molar-refractivity contribution in [2.75, 3.05) is 0 Å². The van der Waals surface area contributed by atoms with Gasteiger partial charge in [-0.2, -0.15) is 0 Å². The molecular weight excluding hydrogens is 378 g/mol. The van der Waals surface area contributed by atoms with E-state index in [9.17, 15) is 15.0 Å². The third-order valence-electron chi connectivity index (χ3n) is 4.81. The Morgan fingerprint density at radius 1 is 0.767 bits per heavy atom. The van der Waals surface area contributed by atoms with Gasteiger partial charge < -0.3 is 20.3 Å². The van der Waals surface area contributed by atoms with E-state index in [1.807, 2.05) is 72.8 Å². The number of fused-ring (bicyclic) bond motifs is 1. The number of carboxylic acid groups (broad SMARTS) is 1. The molecule has 0 aliphatic carbocycles. The van der Waals surface area contributed by atoms with Crippen LogP contribution in [0.5, 0.6) is 17.2 Å². The molecule has 0 saturated heterocycles. The maximum atomic E-state index is 11.2. The van der Waals surface area contributed by atoms with Crippen molar-refractivity contribution in [3.8, 4) is 17.2 Å². The molecule has 4 aromatic carbocycles. The van der Waals surface area contributed by atoms with E-state index in [2.05, 4.69) is 5.32 Å². The Kier molecular flexibility index (Phi) is 5.63. The van der Waals surface area contributed by atoms with Gasteiger partial charge in [-0.3, -0.25) is 0 Å². The van der Waals surface area contributed by atoms with Crippen molar-refractivity contribution in [1.82, 2.24) is 5.32 Å². The normalized spacial score (nSPS) is 10.8. The lowest BCUT2D eigenvalue weighted by molar-refractivity contribution is 0.0694. The number of carboxylic acids is 1.